The molecule has 4 nitrogen and oxygen atoms in total. The number of aryl methyl sites for hydroxylation is 1. The quantitative estimate of drug-likeness (QED) is 0.876. The smallest absolute Gasteiger partial charge is 0.225 e. The average Bonchev–Trinajstić information content (AvgIpc) is 2.98. The summed E-state index contributed by atoms with van der Waals surface area (Å²) in [6.07, 6.45) is 9.73. The molecule has 0 bridgehead atoms. The van der Waals surface area contributed by atoms with E-state index in [2.05, 4.69) is 36.5 Å². The van der Waals surface area contributed by atoms with Crippen molar-refractivity contribution in [2.24, 2.45) is 5.92 Å². The van der Waals surface area contributed by atoms with E-state index in [1.165, 1.54) is 43.2 Å². The minimum atomic E-state index is -0.175. The number of carbonyl (C=O) groups excluding carboxylic acids is 2. The Morgan fingerprint density at radius 2 is 1.73 bits per heavy atom. The van der Waals surface area contributed by atoms with Gasteiger partial charge in [-0.15, -0.1) is 0 Å². The Morgan fingerprint density at radius 1 is 1.08 bits per heavy atom. The molecule has 1 aliphatic carbocycles. The number of hydrogen-bond acceptors (Lipinski definition) is 2. The van der Waals surface area contributed by atoms with E-state index in [1.807, 2.05) is 4.90 Å². The summed E-state index contributed by atoms with van der Waals surface area (Å²) in [5, 5.41) is 3.04. The molecule has 1 saturated heterocycles. The van der Waals surface area contributed by atoms with Gasteiger partial charge in [0, 0.05) is 25.6 Å². The average molecular weight is 357 g/mol. The Hall–Kier alpha value is -1.84. The number of likely N-dealkylation sites (tertiary alicyclic amines) is 1. The van der Waals surface area contributed by atoms with Gasteiger partial charge < -0.3 is 10.2 Å². The SMILES string of the molecule is Cc1ccc(CCNC(=O)C2CC(=O)N(C3CCCCCCC3)C2)cc1. The monoisotopic (exact) mass is 356 g/mol. The number of nitrogens with one attached hydrogen (secondary N) is 1. The van der Waals surface area contributed by atoms with Gasteiger partial charge in [-0.25, -0.2) is 0 Å². The van der Waals surface area contributed by atoms with E-state index in [-0.39, 0.29) is 17.7 Å². The van der Waals surface area contributed by atoms with Crippen LogP contribution in [0.1, 0.15) is 62.5 Å². The lowest BCUT2D eigenvalue weighted by Gasteiger charge is -2.29. The molecule has 2 amide bonds. The Labute approximate surface area is 157 Å². The second-order valence-corrected chi connectivity index (χ2v) is 7.97. The van der Waals surface area contributed by atoms with Crippen LogP contribution in [0.5, 0.6) is 0 Å². The zero-order valence-electron chi connectivity index (χ0n) is 16.0. The third kappa shape index (κ3) is 5.09. The minimum absolute atomic E-state index is 0.0406. The standard InChI is InChI=1S/C22H32N2O2/c1-17-9-11-18(12-10-17)13-14-23-22(26)19-15-21(25)24(16-19)20-7-5-3-2-4-6-8-20/h9-12,19-20H,2-8,13-16H2,1H3,(H,23,26). The molecule has 4 heteroatoms. The number of amides is 2. The van der Waals surface area contributed by atoms with Gasteiger partial charge >= 0.3 is 0 Å². The molecule has 0 radical (unpaired) electrons. The summed E-state index contributed by atoms with van der Waals surface area (Å²) in [6, 6.07) is 8.76. The number of nitrogens with zero attached hydrogens (tertiary/aromatic N) is 1. The molecule has 1 aromatic carbocycles. The largest absolute Gasteiger partial charge is 0.355 e. The highest BCUT2D eigenvalue weighted by molar-refractivity contribution is 5.89. The van der Waals surface area contributed by atoms with Gasteiger partial charge in [0.15, 0.2) is 0 Å². The van der Waals surface area contributed by atoms with Crippen LogP contribution in [-0.2, 0) is 16.0 Å². The molecule has 2 fully saturated rings. The van der Waals surface area contributed by atoms with Gasteiger partial charge in [0.1, 0.15) is 0 Å². The molecule has 1 saturated carbocycles. The van der Waals surface area contributed by atoms with Crippen LogP contribution in [0.2, 0.25) is 0 Å². The number of benzene rings is 1. The van der Waals surface area contributed by atoms with Gasteiger partial charge in [-0.3, -0.25) is 9.59 Å². The summed E-state index contributed by atoms with van der Waals surface area (Å²) >= 11 is 0. The van der Waals surface area contributed by atoms with Crippen LogP contribution in [0.15, 0.2) is 24.3 Å². The Morgan fingerprint density at radius 3 is 2.42 bits per heavy atom. The van der Waals surface area contributed by atoms with Crippen LogP contribution >= 0.6 is 0 Å². The summed E-state index contributed by atoms with van der Waals surface area (Å²) in [4.78, 5) is 27.0. The molecule has 1 atom stereocenters. The first-order valence-electron chi connectivity index (χ1n) is 10.3. The van der Waals surface area contributed by atoms with Crippen LogP contribution in [0, 0.1) is 12.8 Å². The predicted octanol–water partition coefficient (Wildman–Crippen LogP) is 3.62. The highest BCUT2D eigenvalue weighted by Crippen LogP contribution is 2.27. The fourth-order valence-corrected chi connectivity index (χ4v) is 4.24. The van der Waals surface area contributed by atoms with Crippen molar-refractivity contribution in [2.75, 3.05) is 13.1 Å². The maximum absolute atomic E-state index is 12.5. The molecule has 3 rings (SSSR count). The number of carbonyl (C=O) groups is 2. The molecule has 142 valence electrons. The van der Waals surface area contributed by atoms with E-state index in [1.54, 1.807) is 0 Å². The van der Waals surface area contributed by atoms with Crippen molar-refractivity contribution >= 4 is 11.8 Å². The molecule has 0 aromatic heterocycles. The normalized spacial score (nSPS) is 22.1. The summed E-state index contributed by atoms with van der Waals surface area (Å²) < 4.78 is 0. The van der Waals surface area contributed by atoms with Crippen LogP contribution in [0.4, 0.5) is 0 Å². The van der Waals surface area contributed by atoms with Crippen molar-refractivity contribution in [1.82, 2.24) is 10.2 Å². The second kappa shape index (κ2) is 9.20. The summed E-state index contributed by atoms with van der Waals surface area (Å²) in [5.41, 5.74) is 2.48. The topological polar surface area (TPSA) is 49.4 Å². The van der Waals surface area contributed by atoms with Crippen molar-refractivity contribution in [3.05, 3.63) is 35.4 Å². The number of hydrogen-bond donors (Lipinski definition) is 1. The van der Waals surface area contributed by atoms with Crippen LogP contribution in [0.25, 0.3) is 0 Å². The lowest BCUT2D eigenvalue weighted by atomic mass is 9.96. The van der Waals surface area contributed by atoms with Crippen LogP contribution < -0.4 is 5.32 Å². The van der Waals surface area contributed by atoms with E-state index in [4.69, 9.17) is 0 Å². The fourth-order valence-electron chi connectivity index (χ4n) is 4.24. The van der Waals surface area contributed by atoms with Crippen molar-refractivity contribution in [2.45, 2.75) is 70.8 Å². The molecule has 2 aliphatic rings. The summed E-state index contributed by atoms with van der Waals surface area (Å²) in [6.45, 7) is 3.32. The third-order valence-electron chi connectivity index (χ3n) is 5.88. The Balaban J connectivity index is 1.46. The molecule has 0 spiro atoms. The highest BCUT2D eigenvalue weighted by Gasteiger charge is 2.37. The minimum Gasteiger partial charge on any atom is -0.355 e. The van der Waals surface area contributed by atoms with E-state index < -0.39 is 0 Å². The predicted molar refractivity (Wildman–Crippen MR) is 104 cm³/mol. The van der Waals surface area contributed by atoms with Gasteiger partial charge in [0.2, 0.25) is 11.8 Å². The van der Waals surface area contributed by atoms with E-state index >= 15 is 0 Å². The van der Waals surface area contributed by atoms with E-state index in [0.29, 0.717) is 25.6 Å². The molecule has 1 unspecified atom stereocenters. The van der Waals surface area contributed by atoms with Crippen molar-refractivity contribution in [3.63, 3.8) is 0 Å². The molecule has 1 N–H and O–H groups in total. The molecule has 1 heterocycles. The molecule has 1 aromatic rings. The fraction of sp³-hybridized carbons (Fsp3) is 0.636. The van der Waals surface area contributed by atoms with Crippen LogP contribution in [-0.4, -0.2) is 35.8 Å². The molecular formula is C22H32N2O2. The highest BCUT2D eigenvalue weighted by atomic mass is 16.2. The Kier molecular flexibility index (Phi) is 6.70. The van der Waals surface area contributed by atoms with Crippen molar-refractivity contribution in [1.29, 1.82) is 0 Å². The molecule has 26 heavy (non-hydrogen) atoms. The second-order valence-electron chi connectivity index (χ2n) is 7.97. The van der Waals surface area contributed by atoms with Gasteiger partial charge in [0.25, 0.3) is 0 Å². The molecular weight excluding hydrogens is 324 g/mol. The van der Waals surface area contributed by atoms with Gasteiger partial charge in [-0.1, -0.05) is 61.9 Å². The third-order valence-corrected chi connectivity index (χ3v) is 5.88. The van der Waals surface area contributed by atoms with Gasteiger partial charge in [-0.05, 0) is 31.7 Å². The van der Waals surface area contributed by atoms with Gasteiger partial charge in [-0.2, -0.15) is 0 Å². The van der Waals surface area contributed by atoms with Crippen molar-refractivity contribution < 1.29 is 9.59 Å². The zero-order chi connectivity index (χ0) is 18.4. The first-order valence-corrected chi connectivity index (χ1v) is 10.3. The number of rotatable bonds is 5. The summed E-state index contributed by atoms with van der Waals surface area (Å²) in [7, 11) is 0. The zero-order valence-corrected chi connectivity index (χ0v) is 16.0. The lowest BCUT2D eigenvalue weighted by molar-refractivity contribution is -0.130. The van der Waals surface area contributed by atoms with Crippen LogP contribution in [0.3, 0.4) is 0 Å². The first kappa shape index (κ1) is 18.9. The Bertz CT molecular complexity index is 603. The lowest BCUT2D eigenvalue weighted by Crippen LogP contribution is -2.39. The first-order chi connectivity index (χ1) is 12.6. The van der Waals surface area contributed by atoms with Crippen molar-refractivity contribution in [3.8, 4) is 0 Å². The van der Waals surface area contributed by atoms with Gasteiger partial charge in [0.05, 0.1) is 5.92 Å². The summed E-state index contributed by atoms with van der Waals surface area (Å²) in [5.74, 6) is 0.0408. The van der Waals surface area contributed by atoms with E-state index in [0.717, 1.165) is 19.3 Å². The molecule has 1 aliphatic heterocycles. The van der Waals surface area contributed by atoms with E-state index in [9.17, 15) is 9.59 Å². The maximum atomic E-state index is 12.5. The maximum Gasteiger partial charge on any atom is 0.225 e.